The second-order valence-electron chi connectivity index (χ2n) is 7.60. The topological polar surface area (TPSA) is 54.3 Å². The first kappa shape index (κ1) is 21.1. The van der Waals surface area contributed by atoms with Crippen molar-refractivity contribution in [2.24, 2.45) is 0 Å². The molecule has 0 spiro atoms. The molecule has 0 fully saturated rings. The van der Waals surface area contributed by atoms with Crippen LogP contribution >= 0.6 is 11.6 Å². The highest BCUT2D eigenvalue weighted by Crippen LogP contribution is 2.29. The predicted molar refractivity (Wildman–Crippen MR) is 121 cm³/mol. The summed E-state index contributed by atoms with van der Waals surface area (Å²) >= 11 is 5.94. The van der Waals surface area contributed by atoms with Crippen LogP contribution in [0.2, 0.25) is 5.02 Å². The Bertz CT molecular complexity index is 1250. The Morgan fingerprint density at radius 3 is 2.52 bits per heavy atom. The number of nitrogens with zero attached hydrogens (tertiary/aromatic N) is 1. The van der Waals surface area contributed by atoms with Gasteiger partial charge in [0.15, 0.2) is 0 Å². The molecule has 1 heterocycles. The molecule has 0 aliphatic carbocycles. The van der Waals surface area contributed by atoms with Gasteiger partial charge in [-0.25, -0.2) is 9.18 Å². The van der Waals surface area contributed by atoms with E-state index >= 15 is 0 Å². The highest BCUT2D eigenvalue weighted by Gasteiger charge is 2.22. The van der Waals surface area contributed by atoms with E-state index in [-0.39, 0.29) is 18.1 Å². The summed E-state index contributed by atoms with van der Waals surface area (Å²) < 4.78 is 15.5. The zero-order valence-electron chi connectivity index (χ0n) is 17.0. The number of carboxylic acid groups (broad SMARTS) is 1. The molecule has 0 saturated heterocycles. The van der Waals surface area contributed by atoms with E-state index < -0.39 is 5.97 Å². The van der Waals surface area contributed by atoms with Crippen LogP contribution in [0.4, 0.5) is 4.39 Å². The van der Waals surface area contributed by atoms with E-state index in [1.807, 2.05) is 49.4 Å². The van der Waals surface area contributed by atoms with Crippen molar-refractivity contribution in [2.75, 3.05) is 0 Å². The maximum atomic E-state index is 13.7. The number of rotatable bonds is 7. The summed E-state index contributed by atoms with van der Waals surface area (Å²) in [5.74, 6) is -1.35. The van der Waals surface area contributed by atoms with Crippen LogP contribution in [0.25, 0.3) is 10.9 Å². The summed E-state index contributed by atoms with van der Waals surface area (Å²) in [5, 5.41) is 15.0. The van der Waals surface area contributed by atoms with E-state index in [2.05, 4.69) is 5.32 Å². The summed E-state index contributed by atoms with van der Waals surface area (Å²) in [6.07, 6.45) is 0. The standard InChI is InChI=1S/C25H22ClFN2O2/c1-16-5-10-21-22(14-28-13-17-6-8-19(26)9-7-17)24(25(30)31)29(23(21)11-16)15-18-3-2-4-20(27)12-18/h2-12,28H,13-15H2,1H3,(H,30,31). The van der Waals surface area contributed by atoms with Gasteiger partial charge in [-0.1, -0.05) is 48.0 Å². The number of fused-ring (bicyclic) bond motifs is 1. The Morgan fingerprint density at radius 1 is 1.03 bits per heavy atom. The van der Waals surface area contributed by atoms with Gasteiger partial charge in [0.25, 0.3) is 0 Å². The Balaban J connectivity index is 1.72. The molecule has 3 aromatic carbocycles. The first-order valence-corrected chi connectivity index (χ1v) is 10.3. The Morgan fingerprint density at radius 2 is 1.81 bits per heavy atom. The molecule has 0 atom stereocenters. The van der Waals surface area contributed by atoms with Crippen molar-refractivity contribution in [1.82, 2.24) is 9.88 Å². The minimum Gasteiger partial charge on any atom is -0.477 e. The highest BCUT2D eigenvalue weighted by atomic mass is 35.5. The first-order chi connectivity index (χ1) is 14.9. The lowest BCUT2D eigenvalue weighted by Gasteiger charge is -2.10. The number of halogens is 2. The molecule has 31 heavy (non-hydrogen) atoms. The molecule has 0 aliphatic rings. The normalized spacial score (nSPS) is 11.2. The van der Waals surface area contributed by atoms with Gasteiger partial charge in [0.1, 0.15) is 11.5 Å². The zero-order valence-corrected chi connectivity index (χ0v) is 17.8. The average Bonchev–Trinajstić information content (AvgIpc) is 3.02. The third-order valence-electron chi connectivity index (χ3n) is 5.30. The van der Waals surface area contributed by atoms with Gasteiger partial charge in [0.05, 0.1) is 0 Å². The van der Waals surface area contributed by atoms with Crippen LogP contribution in [0.1, 0.15) is 32.7 Å². The second-order valence-corrected chi connectivity index (χ2v) is 8.04. The summed E-state index contributed by atoms with van der Waals surface area (Å²) in [6.45, 7) is 3.22. The minimum absolute atomic E-state index is 0.216. The molecular formula is C25H22ClFN2O2. The van der Waals surface area contributed by atoms with Gasteiger partial charge in [0.2, 0.25) is 0 Å². The van der Waals surface area contributed by atoms with Crippen molar-refractivity contribution in [3.05, 3.63) is 106 Å². The molecule has 2 N–H and O–H groups in total. The quantitative estimate of drug-likeness (QED) is 0.386. The minimum atomic E-state index is -1.01. The zero-order chi connectivity index (χ0) is 22.0. The van der Waals surface area contributed by atoms with E-state index in [1.54, 1.807) is 16.7 Å². The van der Waals surface area contributed by atoms with E-state index in [9.17, 15) is 14.3 Å². The van der Waals surface area contributed by atoms with Crippen LogP contribution in [-0.2, 0) is 19.6 Å². The fraction of sp³-hybridized carbons (Fsp3) is 0.160. The third-order valence-corrected chi connectivity index (χ3v) is 5.55. The third kappa shape index (κ3) is 4.63. The van der Waals surface area contributed by atoms with Crippen molar-refractivity contribution in [3.8, 4) is 0 Å². The SMILES string of the molecule is Cc1ccc2c(CNCc3ccc(Cl)cc3)c(C(=O)O)n(Cc3cccc(F)c3)c2c1. The molecule has 0 saturated carbocycles. The summed E-state index contributed by atoms with van der Waals surface area (Å²) in [5.41, 5.74) is 4.55. The molecule has 0 radical (unpaired) electrons. The van der Waals surface area contributed by atoms with Crippen LogP contribution in [0.5, 0.6) is 0 Å². The Kier molecular flexibility index (Phi) is 6.07. The predicted octanol–water partition coefficient (Wildman–Crippen LogP) is 5.78. The number of carboxylic acids is 1. The first-order valence-electron chi connectivity index (χ1n) is 9.97. The van der Waals surface area contributed by atoms with Gasteiger partial charge in [-0.2, -0.15) is 0 Å². The maximum Gasteiger partial charge on any atom is 0.352 e. The van der Waals surface area contributed by atoms with Crippen molar-refractivity contribution < 1.29 is 14.3 Å². The van der Waals surface area contributed by atoms with Gasteiger partial charge in [-0.05, 0) is 53.9 Å². The van der Waals surface area contributed by atoms with Crippen molar-refractivity contribution in [1.29, 1.82) is 0 Å². The number of aromatic carboxylic acids is 1. The molecule has 0 bridgehead atoms. The average molecular weight is 437 g/mol. The smallest absolute Gasteiger partial charge is 0.352 e. The number of nitrogens with one attached hydrogen (secondary N) is 1. The lowest BCUT2D eigenvalue weighted by atomic mass is 10.1. The molecule has 6 heteroatoms. The number of benzene rings is 3. The molecule has 4 aromatic rings. The van der Waals surface area contributed by atoms with Crippen LogP contribution in [0.3, 0.4) is 0 Å². The molecule has 158 valence electrons. The van der Waals surface area contributed by atoms with E-state index in [0.29, 0.717) is 29.2 Å². The summed E-state index contributed by atoms with van der Waals surface area (Å²) in [6, 6.07) is 19.7. The molecule has 0 amide bonds. The van der Waals surface area contributed by atoms with E-state index in [1.165, 1.54) is 12.1 Å². The van der Waals surface area contributed by atoms with Gasteiger partial charge in [-0.3, -0.25) is 0 Å². The number of hydrogen-bond acceptors (Lipinski definition) is 2. The van der Waals surface area contributed by atoms with Gasteiger partial charge >= 0.3 is 5.97 Å². The second kappa shape index (κ2) is 8.92. The molecule has 4 rings (SSSR count). The van der Waals surface area contributed by atoms with Crippen molar-refractivity contribution in [2.45, 2.75) is 26.6 Å². The van der Waals surface area contributed by atoms with Crippen molar-refractivity contribution in [3.63, 3.8) is 0 Å². The maximum absolute atomic E-state index is 13.7. The largest absolute Gasteiger partial charge is 0.477 e. The molecule has 1 aromatic heterocycles. The summed E-state index contributed by atoms with van der Waals surface area (Å²) in [4.78, 5) is 12.3. The molecule has 4 nitrogen and oxygen atoms in total. The number of aromatic nitrogens is 1. The van der Waals surface area contributed by atoms with Gasteiger partial charge in [0, 0.05) is 41.1 Å². The van der Waals surface area contributed by atoms with Crippen molar-refractivity contribution >= 4 is 28.5 Å². The Labute approximate surface area is 184 Å². The van der Waals surface area contributed by atoms with Crippen LogP contribution in [0.15, 0.2) is 66.7 Å². The highest BCUT2D eigenvalue weighted by molar-refractivity contribution is 6.30. The van der Waals surface area contributed by atoms with E-state index in [4.69, 9.17) is 11.6 Å². The molecular weight excluding hydrogens is 415 g/mol. The van der Waals surface area contributed by atoms with E-state index in [0.717, 1.165) is 22.0 Å². The number of hydrogen-bond donors (Lipinski definition) is 2. The molecule has 0 aliphatic heterocycles. The number of carbonyl (C=O) groups is 1. The lowest BCUT2D eigenvalue weighted by Crippen LogP contribution is -2.17. The molecule has 0 unspecified atom stereocenters. The summed E-state index contributed by atoms with van der Waals surface area (Å²) in [7, 11) is 0. The van der Waals surface area contributed by atoms with Crippen LogP contribution in [0, 0.1) is 12.7 Å². The number of aryl methyl sites for hydroxylation is 1. The van der Waals surface area contributed by atoms with Gasteiger partial charge < -0.3 is 15.0 Å². The lowest BCUT2D eigenvalue weighted by molar-refractivity contribution is 0.0685. The fourth-order valence-corrected chi connectivity index (χ4v) is 4.00. The Hall–Kier alpha value is -3.15. The monoisotopic (exact) mass is 436 g/mol. The van der Waals surface area contributed by atoms with Crippen LogP contribution in [-0.4, -0.2) is 15.6 Å². The van der Waals surface area contributed by atoms with Gasteiger partial charge in [-0.15, -0.1) is 0 Å². The fourth-order valence-electron chi connectivity index (χ4n) is 3.87. The van der Waals surface area contributed by atoms with Crippen LogP contribution < -0.4 is 5.32 Å².